The largest absolute Gasteiger partial charge is 0.416 e. The first-order chi connectivity index (χ1) is 14.8. The SMILES string of the molecule is CN(C)/C=N/c1c(C2(C(=O)N(C)C)CC2)c(C#N)nn1-c1c(Cl)cc(C(F)(F)F)cc1Cl. The molecule has 170 valence electrons. The van der Waals surface area contributed by atoms with Crippen LogP contribution < -0.4 is 0 Å². The molecule has 0 aliphatic heterocycles. The molecule has 2 aromatic rings. The fraction of sp³-hybridized carbons (Fsp3) is 0.400. The van der Waals surface area contributed by atoms with Crippen LogP contribution in [0.3, 0.4) is 0 Å². The summed E-state index contributed by atoms with van der Waals surface area (Å²) in [5, 5.41) is 13.3. The second-order valence-electron chi connectivity index (χ2n) is 7.85. The van der Waals surface area contributed by atoms with Crippen molar-refractivity contribution in [3.8, 4) is 11.8 Å². The summed E-state index contributed by atoms with van der Waals surface area (Å²) in [5.74, 6) is -0.119. The maximum Gasteiger partial charge on any atom is 0.416 e. The number of amides is 1. The van der Waals surface area contributed by atoms with Crippen LogP contribution in [0.15, 0.2) is 17.1 Å². The number of aromatic nitrogens is 2. The average Bonchev–Trinajstić information content (AvgIpc) is 3.40. The van der Waals surface area contributed by atoms with Crippen LogP contribution in [0.1, 0.15) is 29.7 Å². The maximum atomic E-state index is 13.2. The van der Waals surface area contributed by atoms with E-state index >= 15 is 0 Å². The highest BCUT2D eigenvalue weighted by atomic mass is 35.5. The lowest BCUT2D eigenvalue weighted by molar-refractivity contribution is -0.137. The molecule has 1 aromatic carbocycles. The van der Waals surface area contributed by atoms with E-state index in [1.165, 1.54) is 11.2 Å². The zero-order valence-electron chi connectivity index (χ0n) is 17.6. The van der Waals surface area contributed by atoms with Crippen molar-refractivity contribution in [2.75, 3.05) is 28.2 Å². The van der Waals surface area contributed by atoms with E-state index in [1.54, 1.807) is 33.1 Å². The van der Waals surface area contributed by atoms with Crippen molar-refractivity contribution in [2.45, 2.75) is 24.4 Å². The van der Waals surface area contributed by atoms with Crippen molar-refractivity contribution in [3.63, 3.8) is 0 Å². The summed E-state index contributed by atoms with van der Waals surface area (Å²) in [7, 11) is 6.63. The van der Waals surface area contributed by atoms with Crippen LogP contribution in [0.2, 0.25) is 10.0 Å². The Balaban J connectivity index is 2.33. The van der Waals surface area contributed by atoms with Crippen molar-refractivity contribution < 1.29 is 18.0 Å². The van der Waals surface area contributed by atoms with E-state index in [4.69, 9.17) is 23.2 Å². The minimum absolute atomic E-state index is 0.0666. The quantitative estimate of drug-likeness (QED) is 0.463. The zero-order valence-corrected chi connectivity index (χ0v) is 19.1. The Bertz CT molecular complexity index is 1120. The van der Waals surface area contributed by atoms with Crippen molar-refractivity contribution in [1.29, 1.82) is 5.26 Å². The summed E-state index contributed by atoms with van der Waals surface area (Å²) in [6.07, 6.45) is -2.27. The van der Waals surface area contributed by atoms with Gasteiger partial charge in [-0.05, 0) is 25.0 Å². The summed E-state index contributed by atoms with van der Waals surface area (Å²) in [6.45, 7) is 0. The molecule has 3 rings (SSSR count). The van der Waals surface area contributed by atoms with Gasteiger partial charge in [0.25, 0.3) is 0 Å². The Morgan fingerprint density at radius 2 is 1.81 bits per heavy atom. The molecular weight excluding hydrogens is 468 g/mol. The predicted molar refractivity (Wildman–Crippen MR) is 115 cm³/mol. The van der Waals surface area contributed by atoms with Gasteiger partial charge in [0.1, 0.15) is 11.8 Å². The molecule has 0 spiro atoms. The number of alkyl halides is 3. The molecule has 0 bridgehead atoms. The van der Waals surface area contributed by atoms with E-state index in [0.717, 1.165) is 16.8 Å². The lowest BCUT2D eigenvalue weighted by Crippen LogP contribution is -2.34. The molecule has 12 heteroatoms. The molecule has 1 amide bonds. The van der Waals surface area contributed by atoms with Crippen molar-refractivity contribution in [1.82, 2.24) is 19.6 Å². The topological polar surface area (TPSA) is 77.5 Å². The minimum atomic E-state index is -4.65. The van der Waals surface area contributed by atoms with Gasteiger partial charge in [0.2, 0.25) is 5.91 Å². The van der Waals surface area contributed by atoms with Gasteiger partial charge < -0.3 is 9.80 Å². The van der Waals surface area contributed by atoms with Crippen LogP contribution in [0.25, 0.3) is 5.69 Å². The number of hydrogen-bond donors (Lipinski definition) is 0. The summed E-state index contributed by atoms with van der Waals surface area (Å²) in [4.78, 5) is 20.4. The highest BCUT2D eigenvalue weighted by Crippen LogP contribution is 2.54. The van der Waals surface area contributed by atoms with Crippen molar-refractivity contribution in [3.05, 3.63) is 39.0 Å². The van der Waals surface area contributed by atoms with Gasteiger partial charge in [-0.1, -0.05) is 23.2 Å². The van der Waals surface area contributed by atoms with Gasteiger partial charge in [0.15, 0.2) is 11.5 Å². The number of hydrogen-bond acceptors (Lipinski definition) is 4. The molecule has 0 saturated heterocycles. The lowest BCUT2D eigenvalue weighted by Gasteiger charge is -2.20. The first kappa shape index (κ1) is 23.9. The number of rotatable bonds is 5. The molecule has 1 heterocycles. The molecule has 32 heavy (non-hydrogen) atoms. The van der Waals surface area contributed by atoms with E-state index in [1.807, 2.05) is 6.07 Å². The third kappa shape index (κ3) is 4.14. The van der Waals surface area contributed by atoms with E-state index in [0.29, 0.717) is 18.4 Å². The first-order valence-corrected chi connectivity index (χ1v) is 10.1. The Kier molecular flexibility index (Phi) is 6.19. The lowest BCUT2D eigenvalue weighted by atomic mass is 9.94. The van der Waals surface area contributed by atoms with Gasteiger partial charge in [-0.3, -0.25) is 4.79 Å². The van der Waals surface area contributed by atoms with Gasteiger partial charge in [0, 0.05) is 28.2 Å². The molecule has 1 aliphatic rings. The fourth-order valence-corrected chi connectivity index (χ4v) is 4.08. The molecular formula is C20H19Cl2F3N6O. The predicted octanol–water partition coefficient (Wildman–Crippen LogP) is 4.41. The molecule has 1 aliphatic carbocycles. The minimum Gasteiger partial charge on any atom is -0.369 e. The Labute approximate surface area is 192 Å². The number of nitrogens with zero attached hydrogens (tertiary/aromatic N) is 6. The first-order valence-electron chi connectivity index (χ1n) is 9.36. The molecule has 1 aromatic heterocycles. The third-order valence-electron chi connectivity index (χ3n) is 4.98. The Morgan fingerprint density at radius 1 is 1.25 bits per heavy atom. The van der Waals surface area contributed by atoms with Crippen LogP contribution in [-0.2, 0) is 16.4 Å². The molecule has 0 atom stereocenters. The number of carbonyl (C=O) groups excluding carboxylic acids is 1. The number of likely N-dealkylation sites (N-methyl/N-ethyl adjacent to an activating group) is 1. The number of halogens is 5. The third-order valence-corrected chi connectivity index (χ3v) is 5.55. The van der Waals surface area contributed by atoms with Crippen molar-refractivity contribution >= 4 is 41.3 Å². The highest BCUT2D eigenvalue weighted by molar-refractivity contribution is 6.38. The van der Waals surface area contributed by atoms with Crippen LogP contribution in [0.5, 0.6) is 0 Å². The van der Waals surface area contributed by atoms with E-state index in [9.17, 15) is 23.2 Å². The average molecular weight is 487 g/mol. The molecule has 0 N–H and O–H groups in total. The van der Waals surface area contributed by atoms with Gasteiger partial charge in [-0.25, -0.2) is 9.67 Å². The normalized spacial score (nSPS) is 15.0. The Morgan fingerprint density at radius 3 is 2.22 bits per heavy atom. The van der Waals surface area contributed by atoms with Crippen LogP contribution >= 0.6 is 23.2 Å². The standard InChI is InChI=1S/C20H19Cl2F3N6O/c1-29(2)10-27-17-15(19(5-6-19)18(32)30(3)4)14(9-26)28-31(17)16-12(21)7-11(8-13(16)22)20(23,24)25/h7-8,10H,5-6H2,1-4H3/b27-10+. The molecule has 7 nitrogen and oxygen atoms in total. The summed E-state index contributed by atoms with van der Waals surface area (Å²) in [6, 6.07) is 3.43. The Hall–Kier alpha value is -2.77. The van der Waals surface area contributed by atoms with E-state index in [-0.39, 0.29) is 33.2 Å². The number of carbonyl (C=O) groups is 1. The maximum absolute atomic E-state index is 13.2. The van der Waals surface area contributed by atoms with Gasteiger partial charge in [0.05, 0.1) is 32.9 Å². The number of aliphatic imine (C=N–C) groups is 1. The smallest absolute Gasteiger partial charge is 0.369 e. The number of benzene rings is 1. The van der Waals surface area contributed by atoms with E-state index in [2.05, 4.69) is 10.1 Å². The molecule has 1 fully saturated rings. The molecule has 0 unspecified atom stereocenters. The van der Waals surface area contributed by atoms with E-state index < -0.39 is 17.2 Å². The summed E-state index contributed by atoms with van der Waals surface area (Å²) < 4.78 is 40.6. The molecule has 1 saturated carbocycles. The summed E-state index contributed by atoms with van der Waals surface area (Å²) >= 11 is 12.4. The van der Waals surface area contributed by atoms with Crippen LogP contribution in [0.4, 0.5) is 19.0 Å². The monoisotopic (exact) mass is 486 g/mol. The fourth-order valence-electron chi connectivity index (χ4n) is 3.43. The molecule has 0 radical (unpaired) electrons. The van der Waals surface area contributed by atoms with Crippen molar-refractivity contribution in [2.24, 2.45) is 4.99 Å². The second-order valence-corrected chi connectivity index (χ2v) is 8.66. The zero-order chi connectivity index (χ0) is 24.0. The highest BCUT2D eigenvalue weighted by Gasteiger charge is 2.56. The van der Waals surface area contributed by atoms with Crippen LogP contribution in [0, 0.1) is 11.3 Å². The van der Waals surface area contributed by atoms with Gasteiger partial charge >= 0.3 is 6.18 Å². The summed E-state index contributed by atoms with van der Waals surface area (Å²) in [5.41, 5.74) is -1.87. The van der Waals surface area contributed by atoms with Crippen LogP contribution in [-0.4, -0.2) is 60.0 Å². The second kappa shape index (κ2) is 8.30. The van der Waals surface area contributed by atoms with Gasteiger partial charge in [-0.15, -0.1) is 0 Å². The number of nitriles is 1. The van der Waals surface area contributed by atoms with Gasteiger partial charge in [-0.2, -0.15) is 23.5 Å².